The van der Waals surface area contributed by atoms with Gasteiger partial charge in [-0.05, 0) is 79.0 Å². The zero-order valence-electron chi connectivity index (χ0n) is 24.9. The molecule has 1 amide bonds. The maximum atomic E-state index is 13.1. The first-order chi connectivity index (χ1) is 21.6. The summed E-state index contributed by atoms with van der Waals surface area (Å²) in [6, 6.07) is 27.4. The summed E-state index contributed by atoms with van der Waals surface area (Å²) in [5.74, 6) is 1.60. The van der Waals surface area contributed by atoms with Crippen LogP contribution in [0.25, 0.3) is 22.2 Å². The maximum Gasteiger partial charge on any atom is 0.227 e. The third-order valence-corrected chi connectivity index (χ3v) is 9.36. The standard InChI is InChI=1S/C36H36N6O2/c1-24(25-7-3-2-4-8-25)30-20-32(30)36(43)40-27-13-11-26(12-14-27)35-33(21-37)31-19-29(44-18-6-17-41-23-38-22-39-41)15-16-34(31)42(35)28-9-5-10-28/h2-4,7-8,11-16,19,22-24,28,30,32H,5-6,9-10,17-18,20H2,1H3,(H,40,43)/t24-,30-,32?/m1/s1. The number of nitriles is 1. The number of carbonyl (C=O) groups excluding carboxylic acids is 1. The highest BCUT2D eigenvalue weighted by Gasteiger charge is 2.46. The van der Waals surface area contributed by atoms with Gasteiger partial charge in [0.2, 0.25) is 5.91 Å². The molecule has 0 bridgehead atoms. The van der Waals surface area contributed by atoms with Crippen molar-refractivity contribution in [1.29, 1.82) is 5.26 Å². The fourth-order valence-electron chi connectivity index (χ4n) is 6.59. The van der Waals surface area contributed by atoms with Crippen molar-refractivity contribution < 1.29 is 9.53 Å². The summed E-state index contributed by atoms with van der Waals surface area (Å²) >= 11 is 0. The Morgan fingerprint density at radius 1 is 1.11 bits per heavy atom. The van der Waals surface area contributed by atoms with Crippen LogP contribution < -0.4 is 10.1 Å². The molecule has 44 heavy (non-hydrogen) atoms. The molecule has 2 fully saturated rings. The minimum atomic E-state index is 0.0372. The van der Waals surface area contributed by atoms with Crippen molar-refractivity contribution in [3.8, 4) is 23.1 Å². The number of nitrogens with one attached hydrogen (secondary N) is 1. The second-order valence-corrected chi connectivity index (χ2v) is 12.1. The van der Waals surface area contributed by atoms with E-state index in [1.54, 1.807) is 11.0 Å². The molecule has 1 unspecified atom stereocenters. The summed E-state index contributed by atoms with van der Waals surface area (Å²) in [7, 11) is 0. The van der Waals surface area contributed by atoms with Crippen molar-refractivity contribution in [2.45, 2.75) is 57.5 Å². The van der Waals surface area contributed by atoms with Gasteiger partial charge in [0, 0.05) is 36.0 Å². The zero-order valence-corrected chi connectivity index (χ0v) is 24.9. The molecule has 0 spiro atoms. The van der Waals surface area contributed by atoms with E-state index < -0.39 is 0 Å². The highest BCUT2D eigenvalue weighted by molar-refractivity contribution is 5.97. The SMILES string of the molecule is C[C@H](c1ccccc1)[C@H]1CC1C(=O)Nc1ccc(-c2c(C#N)c3cc(OCCCn4cncn4)ccc3n2C2CCC2)cc1. The van der Waals surface area contributed by atoms with Gasteiger partial charge in [0.25, 0.3) is 0 Å². The number of anilines is 1. The third kappa shape index (κ3) is 5.46. The lowest BCUT2D eigenvalue weighted by molar-refractivity contribution is -0.117. The van der Waals surface area contributed by atoms with Gasteiger partial charge in [0.1, 0.15) is 24.5 Å². The number of nitrogens with zero attached hydrogens (tertiary/aromatic N) is 5. The molecule has 7 rings (SSSR count). The van der Waals surface area contributed by atoms with E-state index in [0.717, 1.165) is 65.8 Å². The summed E-state index contributed by atoms with van der Waals surface area (Å²) in [6.45, 7) is 3.49. The fraction of sp³-hybridized carbons (Fsp3) is 0.333. The Morgan fingerprint density at radius 2 is 1.93 bits per heavy atom. The summed E-state index contributed by atoms with van der Waals surface area (Å²) in [5.41, 5.74) is 5.69. The van der Waals surface area contributed by atoms with E-state index >= 15 is 0 Å². The van der Waals surface area contributed by atoms with Crippen LogP contribution >= 0.6 is 0 Å². The van der Waals surface area contributed by atoms with Crippen LogP contribution in [-0.4, -0.2) is 31.8 Å². The lowest BCUT2D eigenvalue weighted by Gasteiger charge is -2.30. The Balaban J connectivity index is 1.09. The van der Waals surface area contributed by atoms with E-state index in [0.29, 0.717) is 30.0 Å². The van der Waals surface area contributed by atoms with Crippen LogP contribution in [0.2, 0.25) is 0 Å². The molecular weight excluding hydrogens is 548 g/mol. The number of benzene rings is 3. The van der Waals surface area contributed by atoms with Gasteiger partial charge >= 0.3 is 0 Å². The van der Waals surface area contributed by atoms with Crippen molar-refractivity contribution in [1.82, 2.24) is 19.3 Å². The number of amides is 1. The monoisotopic (exact) mass is 584 g/mol. The highest BCUT2D eigenvalue weighted by Crippen LogP contribution is 2.49. The lowest BCUT2D eigenvalue weighted by Crippen LogP contribution is -2.18. The molecular formula is C36H36N6O2. The van der Waals surface area contributed by atoms with Crippen molar-refractivity contribution in [3.05, 3.63) is 96.6 Å². The number of rotatable bonds is 11. The number of carbonyl (C=O) groups is 1. The molecule has 8 nitrogen and oxygen atoms in total. The zero-order chi connectivity index (χ0) is 30.0. The molecule has 2 aliphatic rings. The summed E-state index contributed by atoms with van der Waals surface area (Å²) in [6.07, 6.45) is 8.34. The molecule has 2 heterocycles. The molecule has 2 aromatic heterocycles. The first-order valence-corrected chi connectivity index (χ1v) is 15.6. The molecule has 3 aromatic carbocycles. The average Bonchev–Trinajstić information content (AvgIpc) is 3.55. The molecule has 1 N–H and O–H groups in total. The summed E-state index contributed by atoms with van der Waals surface area (Å²) in [4.78, 5) is 17.1. The maximum absolute atomic E-state index is 13.1. The van der Waals surface area contributed by atoms with E-state index in [1.165, 1.54) is 18.3 Å². The van der Waals surface area contributed by atoms with Crippen LogP contribution in [0.1, 0.15) is 62.1 Å². The Bertz CT molecular complexity index is 1800. The molecule has 3 atom stereocenters. The first-order valence-electron chi connectivity index (χ1n) is 15.6. The van der Waals surface area contributed by atoms with Gasteiger partial charge in [-0.3, -0.25) is 9.48 Å². The highest BCUT2D eigenvalue weighted by atomic mass is 16.5. The number of ether oxygens (including phenoxy) is 1. The van der Waals surface area contributed by atoms with Crippen LogP contribution in [0.4, 0.5) is 5.69 Å². The van der Waals surface area contributed by atoms with Crippen molar-refractivity contribution in [2.24, 2.45) is 11.8 Å². The first kappa shape index (κ1) is 27.9. The fourth-order valence-corrected chi connectivity index (χ4v) is 6.59. The Labute approximate surface area is 257 Å². The van der Waals surface area contributed by atoms with Gasteiger partial charge in [-0.2, -0.15) is 10.4 Å². The van der Waals surface area contributed by atoms with Gasteiger partial charge in [0.05, 0.1) is 23.4 Å². The molecule has 8 heteroatoms. The van der Waals surface area contributed by atoms with Gasteiger partial charge in [0.15, 0.2) is 0 Å². The minimum absolute atomic E-state index is 0.0372. The van der Waals surface area contributed by atoms with Crippen LogP contribution in [0.3, 0.4) is 0 Å². The van der Waals surface area contributed by atoms with E-state index in [1.807, 2.05) is 42.5 Å². The van der Waals surface area contributed by atoms with Crippen LogP contribution in [-0.2, 0) is 11.3 Å². The normalized spacial score (nSPS) is 18.4. The molecule has 2 saturated carbocycles. The summed E-state index contributed by atoms with van der Waals surface area (Å²) in [5, 5.41) is 18.6. The molecule has 0 radical (unpaired) electrons. The minimum Gasteiger partial charge on any atom is -0.494 e. The smallest absolute Gasteiger partial charge is 0.227 e. The number of hydrogen-bond acceptors (Lipinski definition) is 5. The Kier molecular flexibility index (Phi) is 7.61. The molecule has 2 aliphatic carbocycles. The molecule has 0 saturated heterocycles. The Morgan fingerprint density at radius 3 is 2.64 bits per heavy atom. The largest absolute Gasteiger partial charge is 0.494 e. The van der Waals surface area contributed by atoms with Crippen LogP contribution in [0.15, 0.2) is 85.5 Å². The molecule has 0 aliphatic heterocycles. The lowest BCUT2D eigenvalue weighted by atomic mass is 9.92. The van der Waals surface area contributed by atoms with Crippen LogP contribution in [0, 0.1) is 23.2 Å². The Hall–Kier alpha value is -4.90. The average molecular weight is 585 g/mol. The number of aromatic nitrogens is 4. The van der Waals surface area contributed by atoms with E-state index in [-0.39, 0.29) is 11.8 Å². The topological polar surface area (TPSA) is 97.8 Å². The summed E-state index contributed by atoms with van der Waals surface area (Å²) < 4.78 is 10.2. The van der Waals surface area contributed by atoms with Gasteiger partial charge in [-0.1, -0.05) is 49.4 Å². The van der Waals surface area contributed by atoms with Crippen LogP contribution in [0.5, 0.6) is 5.75 Å². The number of fused-ring (bicyclic) bond motifs is 1. The van der Waals surface area contributed by atoms with E-state index in [4.69, 9.17) is 4.74 Å². The van der Waals surface area contributed by atoms with E-state index in [2.05, 4.69) is 63.3 Å². The van der Waals surface area contributed by atoms with Gasteiger partial charge in [-0.15, -0.1) is 0 Å². The van der Waals surface area contributed by atoms with Crippen molar-refractivity contribution in [2.75, 3.05) is 11.9 Å². The quantitative estimate of drug-likeness (QED) is 0.164. The van der Waals surface area contributed by atoms with Crippen molar-refractivity contribution in [3.63, 3.8) is 0 Å². The predicted molar refractivity (Wildman–Crippen MR) is 170 cm³/mol. The van der Waals surface area contributed by atoms with Gasteiger partial charge in [-0.25, -0.2) is 4.98 Å². The third-order valence-electron chi connectivity index (χ3n) is 9.36. The van der Waals surface area contributed by atoms with Crippen molar-refractivity contribution >= 4 is 22.5 Å². The molecule has 222 valence electrons. The second-order valence-electron chi connectivity index (χ2n) is 12.1. The number of hydrogen-bond donors (Lipinski definition) is 1. The second kappa shape index (κ2) is 12.0. The number of aryl methyl sites for hydroxylation is 1. The van der Waals surface area contributed by atoms with Gasteiger partial charge < -0.3 is 14.6 Å². The predicted octanol–water partition coefficient (Wildman–Crippen LogP) is 7.34. The van der Waals surface area contributed by atoms with E-state index in [9.17, 15) is 10.1 Å². The molecule has 5 aromatic rings.